The lowest BCUT2D eigenvalue weighted by Crippen LogP contribution is -2.13. The van der Waals surface area contributed by atoms with Crippen molar-refractivity contribution < 1.29 is 0 Å². The summed E-state index contributed by atoms with van der Waals surface area (Å²) >= 11 is 5.76. The number of hydrogen-bond acceptors (Lipinski definition) is 5. The van der Waals surface area contributed by atoms with Crippen LogP contribution in [0, 0.1) is 0 Å². The molecule has 0 fully saturated rings. The Labute approximate surface area is 97.5 Å². The monoisotopic (exact) mass is 238 g/mol. The van der Waals surface area contributed by atoms with Crippen molar-refractivity contribution in [2.75, 3.05) is 17.6 Å². The number of nitrogens with two attached hydrogens (primary N) is 1. The van der Waals surface area contributed by atoms with Gasteiger partial charge in [0, 0.05) is 18.9 Å². The quantitative estimate of drug-likeness (QED) is 0.778. The van der Waals surface area contributed by atoms with Crippen LogP contribution in [0.4, 0.5) is 11.5 Å². The predicted octanol–water partition coefficient (Wildman–Crippen LogP) is 1.02. The Hall–Kier alpha value is -1.82. The van der Waals surface area contributed by atoms with Crippen molar-refractivity contribution in [1.82, 2.24) is 19.7 Å². The first-order chi connectivity index (χ1) is 7.77. The van der Waals surface area contributed by atoms with Crippen LogP contribution in [-0.4, -0.2) is 26.3 Å². The summed E-state index contributed by atoms with van der Waals surface area (Å²) in [5, 5.41) is 7.41. The van der Waals surface area contributed by atoms with E-state index in [1.165, 1.54) is 6.33 Å². The summed E-state index contributed by atoms with van der Waals surface area (Å²) in [5.74, 6) is 0.548. The third-order valence-corrected chi connectivity index (χ3v) is 2.33. The third-order valence-electron chi connectivity index (χ3n) is 2.03. The Bertz CT molecular complexity index is 455. The zero-order valence-electron chi connectivity index (χ0n) is 8.47. The van der Waals surface area contributed by atoms with E-state index in [9.17, 15) is 0 Å². The Kier molecular flexibility index (Phi) is 3.21. The number of rotatable bonds is 4. The van der Waals surface area contributed by atoms with E-state index in [-0.39, 0.29) is 5.15 Å². The lowest BCUT2D eigenvalue weighted by Gasteiger charge is -2.08. The summed E-state index contributed by atoms with van der Waals surface area (Å²) in [6.45, 7) is 1.40. The van der Waals surface area contributed by atoms with Gasteiger partial charge in [0.25, 0.3) is 0 Å². The second-order valence-corrected chi connectivity index (χ2v) is 3.48. The maximum atomic E-state index is 5.76. The number of hydrogen-bond donors (Lipinski definition) is 2. The van der Waals surface area contributed by atoms with Crippen LogP contribution in [0.1, 0.15) is 0 Å². The summed E-state index contributed by atoms with van der Waals surface area (Å²) < 4.78 is 1.81. The predicted molar refractivity (Wildman–Crippen MR) is 62.2 cm³/mol. The van der Waals surface area contributed by atoms with Gasteiger partial charge >= 0.3 is 0 Å². The average molecular weight is 239 g/mol. The molecule has 0 bridgehead atoms. The van der Waals surface area contributed by atoms with Gasteiger partial charge in [0.05, 0.1) is 6.54 Å². The van der Waals surface area contributed by atoms with Crippen LogP contribution in [0.25, 0.3) is 0 Å². The van der Waals surface area contributed by atoms with Gasteiger partial charge in [-0.15, -0.1) is 0 Å². The molecule has 0 aliphatic carbocycles. The van der Waals surface area contributed by atoms with Crippen LogP contribution in [0.2, 0.25) is 5.15 Å². The molecule has 0 aromatic carbocycles. The Morgan fingerprint density at radius 2 is 2.31 bits per heavy atom. The van der Waals surface area contributed by atoms with Crippen LogP contribution in [0.5, 0.6) is 0 Å². The molecular weight excluding hydrogens is 228 g/mol. The molecule has 6 nitrogen and oxygen atoms in total. The smallest absolute Gasteiger partial charge is 0.157 e. The molecule has 2 aromatic rings. The maximum Gasteiger partial charge on any atom is 0.157 e. The number of halogens is 1. The molecule has 0 atom stereocenters. The summed E-state index contributed by atoms with van der Waals surface area (Å²) in [7, 11) is 0. The molecule has 0 radical (unpaired) electrons. The van der Waals surface area contributed by atoms with Crippen LogP contribution >= 0.6 is 11.6 Å². The molecule has 0 unspecified atom stereocenters. The number of nitrogens with one attached hydrogen (secondary N) is 1. The molecule has 0 saturated heterocycles. The zero-order chi connectivity index (χ0) is 11.4. The highest BCUT2D eigenvalue weighted by Gasteiger charge is 2.04. The van der Waals surface area contributed by atoms with Crippen molar-refractivity contribution in [3.05, 3.63) is 29.9 Å². The van der Waals surface area contributed by atoms with Gasteiger partial charge < -0.3 is 11.1 Å². The van der Waals surface area contributed by atoms with Gasteiger partial charge in [-0.3, -0.25) is 4.68 Å². The number of nitrogen functional groups attached to an aromatic ring is 1. The lowest BCUT2D eigenvalue weighted by atomic mass is 10.4. The van der Waals surface area contributed by atoms with E-state index in [1.807, 2.05) is 16.9 Å². The molecular formula is C9H11ClN6. The minimum atomic E-state index is 0.261. The van der Waals surface area contributed by atoms with Gasteiger partial charge in [-0.05, 0) is 6.07 Å². The highest BCUT2D eigenvalue weighted by Crippen LogP contribution is 2.21. The standard InChI is InChI=1S/C9H11ClN6/c10-8-7(11)9(14-6-13-8)12-3-5-16-4-1-2-15-16/h1-2,4,6H,3,5,11H2,(H,12,13,14). The minimum Gasteiger partial charge on any atom is -0.393 e. The number of anilines is 2. The van der Waals surface area contributed by atoms with E-state index in [2.05, 4.69) is 20.4 Å². The molecule has 0 amide bonds. The fourth-order valence-corrected chi connectivity index (χ4v) is 1.37. The summed E-state index contributed by atoms with van der Waals surface area (Å²) in [5.41, 5.74) is 6.07. The molecule has 2 aromatic heterocycles. The van der Waals surface area contributed by atoms with Crippen LogP contribution in [0.3, 0.4) is 0 Å². The highest BCUT2D eigenvalue weighted by molar-refractivity contribution is 6.32. The fraction of sp³-hybridized carbons (Fsp3) is 0.222. The maximum absolute atomic E-state index is 5.76. The second kappa shape index (κ2) is 4.80. The topological polar surface area (TPSA) is 81.6 Å². The summed E-state index contributed by atoms with van der Waals surface area (Å²) in [6.07, 6.45) is 4.99. The van der Waals surface area contributed by atoms with Gasteiger partial charge in [0.2, 0.25) is 0 Å². The van der Waals surface area contributed by atoms with Crippen molar-refractivity contribution in [2.24, 2.45) is 0 Å². The van der Waals surface area contributed by atoms with Gasteiger partial charge in [0.15, 0.2) is 11.0 Å². The van der Waals surface area contributed by atoms with E-state index in [0.29, 0.717) is 18.1 Å². The number of nitrogens with zero attached hydrogens (tertiary/aromatic N) is 4. The Balaban J connectivity index is 1.92. The molecule has 16 heavy (non-hydrogen) atoms. The van der Waals surface area contributed by atoms with Crippen molar-refractivity contribution in [1.29, 1.82) is 0 Å². The van der Waals surface area contributed by atoms with Gasteiger partial charge in [-0.1, -0.05) is 11.6 Å². The molecule has 2 heterocycles. The molecule has 0 spiro atoms. The average Bonchev–Trinajstić information content (AvgIpc) is 2.77. The highest BCUT2D eigenvalue weighted by atomic mass is 35.5. The molecule has 0 aliphatic heterocycles. The van der Waals surface area contributed by atoms with Gasteiger partial charge in [0.1, 0.15) is 12.0 Å². The van der Waals surface area contributed by atoms with Crippen molar-refractivity contribution in [2.45, 2.75) is 6.54 Å². The van der Waals surface area contributed by atoms with E-state index >= 15 is 0 Å². The first-order valence-corrected chi connectivity index (χ1v) is 5.12. The molecule has 3 N–H and O–H groups in total. The van der Waals surface area contributed by atoms with Gasteiger partial charge in [-0.25, -0.2) is 9.97 Å². The largest absolute Gasteiger partial charge is 0.393 e. The first kappa shape index (κ1) is 10.7. The van der Waals surface area contributed by atoms with Crippen molar-refractivity contribution in [3.63, 3.8) is 0 Å². The molecule has 84 valence electrons. The third kappa shape index (κ3) is 2.40. The normalized spacial score (nSPS) is 10.3. The van der Waals surface area contributed by atoms with E-state index in [1.54, 1.807) is 6.20 Å². The Morgan fingerprint density at radius 1 is 1.44 bits per heavy atom. The van der Waals surface area contributed by atoms with Crippen molar-refractivity contribution in [3.8, 4) is 0 Å². The first-order valence-electron chi connectivity index (χ1n) is 4.74. The molecule has 7 heteroatoms. The molecule has 2 rings (SSSR count). The van der Waals surface area contributed by atoms with Gasteiger partial charge in [-0.2, -0.15) is 5.10 Å². The minimum absolute atomic E-state index is 0.261. The second-order valence-electron chi connectivity index (χ2n) is 3.12. The number of aromatic nitrogens is 4. The van der Waals surface area contributed by atoms with Crippen molar-refractivity contribution >= 4 is 23.1 Å². The SMILES string of the molecule is Nc1c(Cl)ncnc1NCCn1cccn1. The van der Waals surface area contributed by atoms with Crippen LogP contribution in [-0.2, 0) is 6.54 Å². The lowest BCUT2D eigenvalue weighted by molar-refractivity contribution is 0.637. The molecule has 0 aliphatic rings. The van der Waals surface area contributed by atoms with Crippen LogP contribution in [0.15, 0.2) is 24.8 Å². The summed E-state index contributed by atoms with van der Waals surface area (Å²) in [4.78, 5) is 7.77. The molecule has 0 saturated carbocycles. The fourth-order valence-electron chi connectivity index (χ4n) is 1.24. The zero-order valence-corrected chi connectivity index (χ0v) is 9.22. The Morgan fingerprint density at radius 3 is 3.06 bits per heavy atom. The summed E-state index contributed by atoms with van der Waals surface area (Å²) in [6, 6.07) is 1.87. The van der Waals surface area contributed by atoms with E-state index in [0.717, 1.165) is 6.54 Å². The van der Waals surface area contributed by atoms with Crippen LogP contribution < -0.4 is 11.1 Å². The van der Waals surface area contributed by atoms with E-state index in [4.69, 9.17) is 17.3 Å². The van der Waals surface area contributed by atoms with E-state index < -0.39 is 0 Å².